The minimum atomic E-state index is 0.705. The first-order valence-electron chi connectivity index (χ1n) is 43.2. The average molecular weight is 1530 g/mol. The molecule has 18 rings (SSSR count). The predicted octanol–water partition coefficient (Wildman–Crippen LogP) is 29.0. The van der Waals surface area contributed by atoms with Crippen LogP contribution in [0.25, 0.3) is 32.3 Å². The molecular weight excluding hydrogens is 1360 g/mol. The van der Waals surface area contributed by atoms with Crippen LogP contribution in [0, 0.1) is 87.3 Å². The highest BCUT2D eigenvalue weighted by molar-refractivity contribution is 5.83. The third-order valence-electron chi connectivity index (χ3n) is 22.3. The molecule has 9 aliphatic rings. The van der Waals surface area contributed by atoms with Gasteiger partial charge in [0.2, 0.25) is 0 Å². The van der Waals surface area contributed by atoms with Crippen molar-refractivity contribution in [2.75, 3.05) is 42.7 Å². The van der Waals surface area contributed by atoms with Gasteiger partial charge < -0.3 is 30.6 Å². The maximum Gasteiger partial charge on any atom is 0.0319 e. The molecule has 6 N–H and O–H groups in total. The number of rotatable bonds is 0. The molecular formula is C105H168O6. The first-order chi connectivity index (χ1) is 54.2. The Balaban J connectivity index is -0.00000115. The molecule has 0 radical (unpaired) electrons. The quantitative estimate of drug-likeness (QED) is 0.0900. The molecule has 6 nitrogen and oxygen atoms in total. The summed E-state index contributed by atoms with van der Waals surface area (Å²) in [7, 11) is 6.00. The number of benzene rings is 9. The molecule has 9 aliphatic carbocycles. The maximum atomic E-state index is 7.00. The SMILES string of the molecule is CC.CC.CC.CC1(C)CC2CC1C1CCCC21.CC1(C)CC2CC1C1CCCC21.CC1(C)CC2CC1C1CCCC21.CCC.CCC.CCC.CO.CO.CO.CO.CO.CO.c1ccc2ccccc2c1.c1ccc2ccccc2c1.c1ccc2ccccc2c1.c1ccccc1.c1ccccc1.c1ccccc1. The first-order valence-corrected chi connectivity index (χ1v) is 43.2. The Bertz CT molecular complexity index is 2750. The Morgan fingerprint density at radius 1 is 0.216 bits per heavy atom. The summed E-state index contributed by atoms with van der Waals surface area (Å²) in [5.41, 5.74) is 2.11. The standard InChI is InChI=1S/3C12H20.3C10H8.3C6H6.3C3H8.3C2H6.6CH4O/c3*1-12(2)7-8-6-11(12)10-5-3-4-9(8)10;3*1-2-6-10-8-4-3-7-9(10)5-1;3*1-2-4-6-5-3-1;3*1-3-2;9*1-2/h3*8-11H,3-7H2,1-2H3;3*1-8H;3*1-6H;3*3H2,1-2H3;3*1-2H3;6*2H,1H3. The van der Waals surface area contributed by atoms with Crippen molar-refractivity contribution in [2.24, 2.45) is 87.3 Å². The molecule has 0 amide bonds. The molecule has 624 valence electrons. The molecule has 9 fully saturated rings. The van der Waals surface area contributed by atoms with Crippen LogP contribution in [0.2, 0.25) is 0 Å². The van der Waals surface area contributed by atoms with Crippen molar-refractivity contribution in [1.82, 2.24) is 0 Å². The van der Waals surface area contributed by atoms with Crippen molar-refractivity contribution in [1.29, 1.82) is 0 Å². The largest absolute Gasteiger partial charge is 0.400 e. The molecule has 6 bridgehead atoms. The van der Waals surface area contributed by atoms with Crippen molar-refractivity contribution in [3.63, 3.8) is 0 Å². The van der Waals surface area contributed by atoms with Gasteiger partial charge in [-0.05, 0) is 197 Å². The Kier molecular flexibility index (Phi) is 67.6. The second-order valence-electron chi connectivity index (χ2n) is 30.8. The molecule has 111 heavy (non-hydrogen) atoms. The molecule has 9 aromatic carbocycles. The van der Waals surface area contributed by atoms with E-state index < -0.39 is 0 Å². The number of aliphatic hydroxyl groups is 6. The summed E-state index contributed by atoms with van der Waals surface area (Å²) in [6.45, 7) is 39.8. The molecule has 9 aromatic rings. The fourth-order valence-corrected chi connectivity index (χ4v) is 18.8. The van der Waals surface area contributed by atoms with E-state index in [4.69, 9.17) is 30.6 Å². The minimum absolute atomic E-state index is 0.705. The van der Waals surface area contributed by atoms with Crippen LogP contribution in [0.15, 0.2) is 255 Å². The van der Waals surface area contributed by atoms with Gasteiger partial charge >= 0.3 is 0 Å². The van der Waals surface area contributed by atoms with Gasteiger partial charge in [-0.25, -0.2) is 0 Å². The molecule has 6 heteroatoms. The Morgan fingerprint density at radius 2 is 0.333 bits per heavy atom. The van der Waals surface area contributed by atoms with E-state index in [0.717, 1.165) is 95.9 Å². The molecule has 0 aromatic heterocycles. The molecule has 0 spiro atoms. The summed E-state index contributed by atoms with van der Waals surface area (Å²) in [5.74, 6) is 13.7. The second kappa shape index (κ2) is 69.1. The summed E-state index contributed by atoms with van der Waals surface area (Å²) in [5, 5.41) is 49.9. The van der Waals surface area contributed by atoms with E-state index in [9.17, 15) is 0 Å². The van der Waals surface area contributed by atoms with Crippen LogP contribution in [0.1, 0.15) is 240 Å². The van der Waals surface area contributed by atoms with Gasteiger partial charge in [0.1, 0.15) is 0 Å². The van der Waals surface area contributed by atoms with Crippen LogP contribution in [-0.2, 0) is 0 Å². The lowest BCUT2D eigenvalue weighted by atomic mass is 9.68. The highest BCUT2D eigenvalue weighted by atomic mass is 16.2. The smallest absolute Gasteiger partial charge is 0.0319 e. The van der Waals surface area contributed by atoms with E-state index in [-0.39, 0.29) is 0 Å². The van der Waals surface area contributed by atoms with Gasteiger partial charge in [-0.1, -0.05) is 418 Å². The third kappa shape index (κ3) is 39.4. The number of hydrogen-bond acceptors (Lipinski definition) is 6. The van der Waals surface area contributed by atoms with Gasteiger partial charge in [0, 0.05) is 42.7 Å². The summed E-state index contributed by atoms with van der Waals surface area (Å²) in [6.07, 6.45) is 27.2. The fraction of sp³-hybridized carbons (Fsp3) is 0.543. The lowest BCUT2D eigenvalue weighted by Gasteiger charge is -2.37. The lowest BCUT2D eigenvalue weighted by Crippen LogP contribution is -2.30. The Morgan fingerprint density at radius 3 is 0.459 bits per heavy atom. The number of hydrogen-bond donors (Lipinski definition) is 6. The number of aliphatic hydroxyl groups excluding tert-OH is 6. The first kappa shape index (κ1) is 109. The molecule has 12 unspecified atom stereocenters. The van der Waals surface area contributed by atoms with Crippen molar-refractivity contribution in [2.45, 2.75) is 240 Å². The van der Waals surface area contributed by atoms with Crippen LogP contribution < -0.4 is 0 Å². The Hall–Kier alpha value is -6.48. The van der Waals surface area contributed by atoms with Crippen LogP contribution in [-0.4, -0.2) is 73.3 Å². The van der Waals surface area contributed by atoms with Gasteiger partial charge in [-0.2, -0.15) is 0 Å². The zero-order valence-corrected chi connectivity index (χ0v) is 75.1. The molecule has 12 atom stereocenters. The van der Waals surface area contributed by atoms with Crippen LogP contribution in [0.5, 0.6) is 0 Å². The van der Waals surface area contributed by atoms with Crippen molar-refractivity contribution in [3.05, 3.63) is 255 Å². The zero-order chi connectivity index (χ0) is 84.3. The average Bonchev–Trinajstić information content (AvgIpc) is 1.60. The van der Waals surface area contributed by atoms with Gasteiger partial charge in [0.25, 0.3) is 0 Å². The van der Waals surface area contributed by atoms with E-state index in [1.54, 1.807) is 96.3 Å². The highest BCUT2D eigenvalue weighted by Gasteiger charge is 2.59. The monoisotopic (exact) mass is 1530 g/mol. The molecule has 9 saturated carbocycles. The second-order valence-corrected chi connectivity index (χ2v) is 30.8. The van der Waals surface area contributed by atoms with Crippen LogP contribution >= 0.6 is 0 Å². The summed E-state index contributed by atoms with van der Waals surface area (Å²) >= 11 is 0. The van der Waals surface area contributed by atoms with Gasteiger partial charge in [-0.3, -0.25) is 0 Å². The van der Waals surface area contributed by atoms with Gasteiger partial charge in [-0.15, -0.1) is 0 Å². The normalized spacial score (nSPS) is 22.6. The molecule has 0 saturated heterocycles. The van der Waals surface area contributed by atoms with Crippen LogP contribution in [0.3, 0.4) is 0 Å². The predicted molar refractivity (Wildman–Crippen MR) is 494 cm³/mol. The number of fused-ring (bicyclic) bond motifs is 18. The van der Waals surface area contributed by atoms with E-state index in [2.05, 4.69) is 229 Å². The zero-order valence-electron chi connectivity index (χ0n) is 75.1. The van der Waals surface area contributed by atoms with E-state index in [1.165, 1.54) is 69.3 Å². The minimum Gasteiger partial charge on any atom is -0.400 e. The van der Waals surface area contributed by atoms with Crippen molar-refractivity contribution in [3.8, 4) is 0 Å². The van der Waals surface area contributed by atoms with Gasteiger partial charge in [0.05, 0.1) is 0 Å². The lowest BCUT2D eigenvalue weighted by molar-refractivity contribution is 0.118. The van der Waals surface area contributed by atoms with E-state index >= 15 is 0 Å². The summed E-state index contributed by atoms with van der Waals surface area (Å²) in [6, 6.07) is 86.1. The van der Waals surface area contributed by atoms with Crippen molar-refractivity contribution >= 4 is 32.3 Å². The molecule has 0 aliphatic heterocycles. The Labute approximate surface area is 683 Å². The third-order valence-corrected chi connectivity index (χ3v) is 22.3. The summed E-state index contributed by atoms with van der Waals surface area (Å²) < 4.78 is 0. The maximum absolute atomic E-state index is 7.00. The van der Waals surface area contributed by atoms with Gasteiger partial charge in [0.15, 0.2) is 0 Å². The van der Waals surface area contributed by atoms with Crippen molar-refractivity contribution < 1.29 is 30.6 Å². The van der Waals surface area contributed by atoms with E-state index in [0.29, 0.717) is 16.2 Å². The van der Waals surface area contributed by atoms with Crippen LogP contribution in [0.4, 0.5) is 0 Å². The fourth-order valence-electron chi connectivity index (χ4n) is 18.8. The molecule has 0 heterocycles. The summed E-state index contributed by atoms with van der Waals surface area (Å²) in [4.78, 5) is 0. The highest BCUT2D eigenvalue weighted by Crippen LogP contribution is 2.67. The topological polar surface area (TPSA) is 121 Å². The van der Waals surface area contributed by atoms with E-state index in [1.807, 2.05) is 151 Å².